The van der Waals surface area contributed by atoms with E-state index in [1.54, 1.807) is 0 Å². The van der Waals surface area contributed by atoms with Crippen LogP contribution in [-0.2, 0) is 4.74 Å². The van der Waals surface area contributed by atoms with Gasteiger partial charge in [0.2, 0.25) is 0 Å². The van der Waals surface area contributed by atoms with Gasteiger partial charge in [-0.15, -0.1) is 0 Å². The molecule has 2 aromatic carbocycles. The Morgan fingerprint density at radius 2 is 1.48 bits per heavy atom. The highest BCUT2D eigenvalue weighted by atomic mass is 28.3. The molecule has 0 bridgehead atoms. The van der Waals surface area contributed by atoms with Crippen LogP contribution in [0.4, 0.5) is 0 Å². The van der Waals surface area contributed by atoms with Crippen molar-refractivity contribution in [3.05, 3.63) is 67.0 Å². The summed E-state index contributed by atoms with van der Waals surface area (Å²) in [6.45, 7) is 9.77. The van der Waals surface area contributed by atoms with E-state index >= 15 is 0 Å². The Hall–Kier alpha value is -2.17. The van der Waals surface area contributed by atoms with Crippen LogP contribution >= 0.6 is 0 Å². The summed E-state index contributed by atoms with van der Waals surface area (Å²) in [7, 11) is -1.60. The van der Waals surface area contributed by atoms with Gasteiger partial charge in [-0.1, -0.05) is 80.3 Å². The average Bonchev–Trinajstić information content (AvgIpc) is 3.04. The molecule has 0 saturated heterocycles. The van der Waals surface area contributed by atoms with Crippen molar-refractivity contribution >= 4 is 8.07 Å². The average molecular weight is 351 g/mol. The smallest absolute Gasteiger partial charge is 0.120 e. The summed E-state index contributed by atoms with van der Waals surface area (Å²) in [6.07, 6.45) is 1.95. The maximum Gasteiger partial charge on any atom is 0.120 e. The molecule has 4 heteroatoms. The summed E-state index contributed by atoms with van der Waals surface area (Å²) in [4.78, 5) is 4.78. The second-order valence-corrected chi connectivity index (χ2v) is 12.5. The lowest BCUT2D eigenvalue weighted by Gasteiger charge is -2.31. The largest absolute Gasteiger partial charge is 0.362 e. The minimum Gasteiger partial charge on any atom is -0.362 e. The number of ether oxygens (including phenoxy) is 1. The van der Waals surface area contributed by atoms with Crippen LogP contribution in [0.5, 0.6) is 0 Å². The molecule has 0 aliphatic heterocycles. The third-order valence-electron chi connectivity index (χ3n) is 4.21. The SMILES string of the molecule is CCOC(n1cnc(-c2ccccc2)c1-c1ccccc1)[Si](C)(C)C. The summed E-state index contributed by atoms with van der Waals surface area (Å²) >= 11 is 0. The van der Waals surface area contributed by atoms with Crippen molar-refractivity contribution in [2.75, 3.05) is 6.61 Å². The van der Waals surface area contributed by atoms with Gasteiger partial charge in [-0.25, -0.2) is 4.98 Å². The van der Waals surface area contributed by atoms with Crippen molar-refractivity contribution in [3.8, 4) is 22.5 Å². The van der Waals surface area contributed by atoms with Gasteiger partial charge < -0.3 is 9.30 Å². The Bertz CT molecular complexity index is 807. The lowest BCUT2D eigenvalue weighted by molar-refractivity contribution is 0.0648. The van der Waals surface area contributed by atoms with Crippen LogP contribution in [0, 0.1) is 0 Å². The van der Waals surface area contributed by atoms with Crippen molar-refractivity contribution in [2.24, 2.45) is 0 Å². The molecule has 0 amide bonds. The second kappa shape index (κ2) is 7.38. The van der Waals surface area contributed by atoms with Gasteiger partial charge in [0, 0.05) is 17.7 Å². The normalized spacial score (nSPS) is 13.0. The van der Waals surface area contributed by atoms with Gasteiger partial charge in [0.15, 0.2) is 0 Å². The van der Waals surface area contributed by atoms with Gasteiger partial charge in [-0.05, 0) is 6.92 Å². The highest BCUT2D eigenvalue weighted by Gasteiger charge is 2.32. The Labute approximate surface area is 151 Å². The molecule has 130 valence electrons. The van der Waals surface area contributed by atoms with E-state index in [1.165, 1.54) is 5.56 Å². The van der Waals surface area contributed by atoms with Gasteiger partial charge in [0.1, 0.15) is 13.9 Å². The number of nitrogens with zero attached hydrogens (tertiary/aromatic N) is 2. The monoisotopic (exact) mass is 350 g/mol. The number of hydrogen-bond donors (Lipinski definition) is 0. The fourth-order valence-electron chi connectivity index (χ4n) is 3.13. The lowest BCUT2D eigenvalue weighted by Crippen LogP contribution is -2.37. The second-order valence-electron chi connectivity index (χ2n) is 7.25. The molecule has 0 fully saturated rings. The fourth-order valence-corrected chi connectivity index (χ4v) is 4.83. The summed E-state index contributed by atoms with van der Waals surface area (Å²) in [6, 6.07) is 20.9. The van der Waals surface area contributed by atoms with Gasteiger partial charge in [0.25, 0.3) is 0 Å². The van der Waals surface area contributed by atoms with Crippen LogP contribution in [0.15, 0.2) is 67.0 Å². The van der Waals surface area contributed by atoms with Crippen molar-refractivity contribution in [1.29, 1.82) is 0 Å². The van der Waals surface area contributed by atoms with Crippen LogP contribution < -0.4 is 0 Å². The predicted molar refractivity (Wildman–Crippen MR) is 107 cm³/mol. The predicted octanol–water partition coefficient (Wildman–Crippen LogP) is 5.63. The Kier molecular flexibility index (Phi) is 5.21. The molecule has 0 spiro atoms. The number of aromatic nitrogens is 2. The summed E-state index contributed by atoms with van der Waals surface area (Å²) in [5.74, 6) is 0.0534. The molecule has 0 aliphatic carbocycles. The maximum absolute atomic E-state index is 6.19. The minimum absolute atomic E-state index is 0.0534. The summed E-state index contributed by atoms with van der Waals surface area (Å²) < 4.78 is 8.43. The van der Waals surface area contributed by atoms with Crippen LogP contribution in [0.1, 0.15) is 12.8 Å². The minimum atomic E-state index is -1.60. The molecule has 0 radical (unpaired) electrons. The Morgan fingerprint density at radius 1 is 0.920 bits per heavy atom. The van der Waals surface area contributed by atoms with Crippen LogP contribution in [0.25, 0.3) is 22.5 Å². The Balaban J connectivity index is 2.21. The van der Waals surface area contributed by atoms with Crippen LogP contribution in [0.3, 0.4) is 0 Å². The quantitative estimate of drug-likeness (QED) is 0.539. The third kappa shape index (κ3) is 3.75. The first-order valence-corrected chi connectivity index (χ1v) is 12.4. The molecule has 0 saturated carbocycles. The molecule has 3 nitrogen and oxygen atoms in total. The molecule has 1 atom stereocenters. The molecule has 3 aromatic rings. The number of hydrogen-bond acceptors (Lipinski definition) is 2. The molecular formula is C21H26N2OSi. The summed E-state index contributed by atoms with van der Waals surface area (Å²) in [5.41, 5.74) is 4.44. The zero-order valence-electron chi connectivity index (χ0n) is 15.4. The standard InChI is InChI=1S/C21H26N2OSi/c1-5-24-21(25(2,3)4)23-16-22-19(17-12-8-6-9-13-17)20(23)18-14-10-7-11-15-18/h6-16,21H,5H2,1-4H3. The highest BCUT2D eigenvalue weighted by Crippen LogP contribution is 2.35. The van der Waals surface area contributed by atoms with Crippen LogP contribution in [-0.4, -0.2) is 24.2 Å². The van der Waals surface area contributed by atoms with Gasteiger partial charge >= 0.3 is 0 Å². The zero-order valence-corrected chi connectivity index (χ0v) is 16.4. The van der Waals surface area contributed by atoms with E-state index in [1.807, 2.05) is 18.5 Å². The van der Waals surface area contributed by atoms with E-state index in [0.717, 1.165) is 17.0 Å². The number of benzene rings is 2. The molecule has 1 aromatic heterocycles. The molecule has 0 aliphatic rings. The molecule has 0 N–H and O–H groups in total. The highest BCUT2D eigenvalue weighted by molar-refractivity contribution is 6.76. The maximum atomic E-state index is 6.19. The molecule has 25 heavy (non-hydrogen) atoms. The number of rotatable bonds is 6. The third-order valence-corrected chi connectivity index (χ3v) is 6.13. The van der Waals surface area contributed by atoms with E-state index in [9.17, 15) is 0 Å². The number of imidazole rings is 1. The zero-order chi connectivity index (χ0) is 17.9. The first-order chi connectivity index (χ1) is 12.0. The van der Waals surface area contributed by atoms with Crippen molar-refractivity contribution in [2.45, 2.75) is 32.4 Å². The van der Waals surface area contributed by atoms with Crippen LogP contribution in [0.2, 0.25) is 19.6 Å². The van der Waals surface area contributed by atoms with Crippen molar-refractivity contribution in [3.63, 3.8) is 0 Å². The van der Waals surface area contributed by atoms with Gasteiger partial charge in [-0.3, -0.25) is 0 Å². The molecule has 1 unspecified atom stereocenters. The van der Waals surface area contributed by atoms with Crippen molar-refractivity contribution in [1.82, 2.24) is 9.55 Å². The van der Waals surface area contributed by atoms with E-state index in [-0.39, 0.29) is 5.85 Å². The first-order valence-electron chi connectivity index (χ1n) is 8.81. The lowest BCUT2D eigenvalue weighted by atomic mass is 10.0. The fraction of sp³-hybridized carbons (Fsp3) is 0.286. The molecular weight excluding hydrogens is 324 g/mol. The molecule has 1 heterocycles. The van der Waals surface area contributed by atoms with E-state index in [0.29, 0.717) is 6.61 Å². The van der Waals surface area contributed by atoms with E-state index < -0.39 is 8.07 Å². The van der Waals surface area contributed by atoms with E-state index in [4.69, 9.17) is 9.72 Å². The van der Waals surface area contributed by atoms with Gasteiger partial charge in [-0.2, -0.15) is 0 Å². The van der Waals surface area contributed by atoms with Crippen molar-refractivity contribution < 1.29 is 4.74 Å². The first kappa shape index (κ1) is 17.6. The Morgan fingerprint density at radius 3 is 2.00 bits per heavy atom. The molecule has 3 rings (SSSR count). The van der Waals surface area contributed by atoms with E-state index in [2.05, 4.69) is 79.7 Å². The topological polar surface area (TPSA) is 27.1 Å². The van der Waals surface area contributed by atoms with Gasteiger partial charge in [0.05, 0.1) is 17.7 Å². The summed E-state index contributed by atoms with van der Waals surface area (Å²) in [5, 5.41) is 0.